The quantitative estimate of drug-likeness (QED) is 0.905. The minimum atomic E-state index is 0.250. The Morgan fingerprint density at radius 2 is 2.12 bits per heavy atom. The third-order valence-electron chi connectivity index (χ3n) is 2.53. The van der Waals surface area contributed by atoms with E-state index < -0.39 is 0 Å². The van der Waals surface area contributed by atoms with Gasteiger partial charge in [-0.2, -0.15) is 0 Å². The maximum absolute atomic E-state index is 6.15. The van der Waals surface area contributed by atoms with Crippen molar-refractivity contribution in [2.24, 2.45) is 0 Å². The van der Waals surface area contributed by atoms with Gasteiger partial charge in [0.2, 0.25) is 0 Å². The van der Waals surface area contributed by atoms with Crippen LogP contribution in [0.4, 0.5) is 0 Å². The van der Waals surface area contributed by atoms with E-state index >= 15 is 0 Å². The topological polar surface area (TPSA) is 24.9 Å². The molecule has 0 aliphatic heterocycles. The zero-order valence-electron chi connectivity index (χ0n) is 9.50. The number of thiazole rings is 1. The van der Waals surface area contributed by atoms with Gasteiger partial charge in [-0.3, -0.25) is 0 Å². The van der Waals surface area contributed by atoms with Crippen LogP contribution in [0.15, 0.2) is 23.6 Å². The Hall–Kier alpha value is -0.610. The molecule has 5 heteroatoms. The standard InChI is InChI=1S/C12H12Cl2N2S/c1-7(15-2)12-16-11(6-17-12)9-4-3-8(13)5-10(9)14/h3-7,15H,1-2H3. The highest BCUT2D eigenvalue weighted by atomic mass is 35.5. The Labute approximate surface area is 115 Å². The van der Waals surface area contributed by atoms with E-state index in [0.717, 1.165) is 16.3 Å². The molecular formula is C12H12Cl2N2S. The SMILES string of the molecule is CNC(C)c1nc(-c2ccc(Cl)cc2Cl)cs1. The van der Waals surface area contributed by atoms with Gasteiger partial charge in [0.05, 0.1) is 16.8 Å². The highest BCUT2D eigenvalue weighted by Gasteiger charge is 2.11. The van der Waals surface area contributed by atoms with Crippen molar-refractivity contribution in [1.82, 2.24) is 10.3 Å². The molecule has 1 atom stereocenters. The number of benzene rings is 1. The van der Waals surface area contributed by atoms with Crippen LogP contribution in [0.3, 0.4) is 0 Å². The molecule has 0 saturated heterocycles. The van der Waals surface area contributed by atoms with Crippen LogP contribution in [0.5, 0.6) is 0 Å². The summed E-state index contributed by atoms with van der Waals surface area (Å²) in [7, 11) is 1.92. The highest BCUT2D eigenvalue weighted by Crippen LogP contribution is 2.32. The summed E-state index contributed by atoms with van der Waals surface area (Å²) in [5.74, 6) is 0. The summed E-state index contributed by atoms with van der Waals surface area (Å²) >= 11 is 13.6. The van der Waals surface area contributed by atoms with Crippen molar-refractivity contribution < 1.29 is 0 Å². The van der Waals surface area contributed by atoms with E-state index in [4.69, 9.17) is 23.2 Å². The molecule has 0 aliphatic carbocycles. The van der Waals surface area contributed by atoms with Gasteiger partial charge in [0, 0.05) is 16.0 Å². The molecule has 90 valence electrons. The summed E-state index contributed by atoms with van der Waals surface area (Å²) in [6.45, 7) is 2.08. The summed E-state index contributed by atoms with van der Waals surface area (Å²) in [5, 5.41) is 7.49. The number of halogens is 2. The summed E-state index contributed by atoms with van der Waals surface area (Å²) in [6.07, 6.45) is 0. The second kappa shape index (κ2) is 5.36. The summed E-state index contributed by atoms with van der Waals surface area (Å²) in [4.78, 5) is 4.57. The van der Waals surface area contributed by atoms with Crippen LogP contribution in [0.2, 0.25) is 10.0 Å². The maximum Gasteiger partial charge on any atom is 0.110 e. The molecule has 0 spiro atoms. The largest absolute Gasteiger partial charge is 0.311 e. The maximum atomic E-state index is 6.15. The van der Waals surface area contributed by atoms with Crippen molar-refractivity contribution in [3.05, 3.63) is 38.6 Å². The predicted octanol–water partition coefficient (Wildman–Crippen LogP) is 4.40. The Balaban J connectivity index is 2.37. The first-order chi connectivity index (χ1) is 8.11. The van der Waals surface area contributed by atoms with Gasteiger partial charge in [-0.25, -0.2) is 4.98 Å². The number of aromatic nitrogens is 1. The van der Waals surface area contributed by atoms with Crippen molar-refractivity contribution in [3.63, 3.8) is 0 Å². The number of rotatable bonds is 3. The molecule has 0 saturated carbocycles. The molecule has 0 amide bonds. The van der Waals surface area contributed by atoms with Gasteiger partial charge in [-0.05, 0) is 32.2 Å². The van der Waals surface area contributed by atoms with Crippen LogP contribution in [0.1, 0.15) is 18.0 Å². The lowest BCUT2D eigenvalue weighted by atomic mass is 10.2. The van der Waals surface area contributed by atoms with Gasteiger partial charge >= 0.3 is 0 Å². The molecule has 1 aromatic heterocycles. The fourth-order valence-electron chi connectivity index (χ4n) is 1.43. The molecular weight excluding hydrogens is 275 g/mol. The molecule has 1 N–H and O–H groups in total. The molecule has 1 aromatic carbocycles. The summed E-state index contributed by atoms with van der Waals surface area (Å²) in [5.41, 5.74) is 1.82. The van der Waals surface area contributed by atoms with Gasteiger partial charge in [0.25, 0.3) is 0 Å². The average molecular weight is 287 g/mol. The first-order valence-corrected chi connectivity index (χ1v) is 6.83. The Bertz CT molecular complexity index is 525. The van der Waals surface area contributed by atoms with E-state index in [1.807, 2.05) is 24.6 Å². The van der Waals surface area contributed by atoms with E-state index in [2.05, 4.69) is 17.2 Å². The molecule has 1 heterocycles. The van der Waals surface area contributed by atoms with Gasteiger partial charge < -0.3 is 5.32 Å². The number of nitrogens with zero attached hydrogens (tertiary/aromatic N) is 1. The normalized spacial score (nSPS) is 12.7. The van der Waals surface area contributed by atoms with E-state index in [0.29, 0.717) is 10.0 Å². The predicted molar refractivity (Wildman–Crippen MR) is 75.0 cm³/mol. The van der Waals surface area contributed by atoms with Gasteiger partial charge in [0.1, 0.15) is 5.01 Å². The van der Waals surface area contributed by atoms with Crippen LogP contribution < -0.4 is 5.32 Å². The number of hydrogen-bond acceptors (Lipinski definition) is 3. The van der Waals surface area contributed by atoms with Crippen molar-refractivity contribution in [2.45, 2.75) is 13.0 Å². The lowest BCUT2D eigenvalue weighted by molar-refractivity contribution is 0.648. The fourth-order valence-corrected chi connectivity index (χ4v) is 2.82. The molecule has 17 heavy (non-hydrogen) atoms. The van der Waals surface area contributed by atoms with E-state index in [9.17, 15) is 0 Å². The lowest BCUT2D eigenvalue weighted by Crippen LogP contribution is -2.11. The minimum Gasteiger partial charge on any atom is -0.311 e. The summed E-state index contributed by atoms with van der Waals surface area (Å²) < 4.78 is 0. The van der Waals surface area contributed by atoms with Crippen LogP contribution >= 0.6 is 34.5 Å². The van der Waals surface area contributed by atoms with Crippen LogP contribution in [0, 0.1) is 0 Å². The van der Waals surface area contributed by atoms with Crippen molar-refractivity contribution in [2.75, 3.05) is 7.05 Å². The van der Waals surface area contributed by atoms with E-state index in [1.165, 1.54) is 0 Å². The Morgan fingerprint density at radius 3 is 2.76 bits per heavy atom. The van der Waals surface area contributed by atoms with Crippen LogP contribution in [-0.4, -0.2) is 12.0 Å². The highest BCUT2D eigenvalue weighted by molar-refractivity contribution is 7.10. The smallest absolute Gasteiger partial charge is 0.110 e. The van der Waals surface area contributed by atoms with Crippen molar-refractivity contribution >= 4 is 34.5 Å². The third-order valence-corrected chi connectivity index (χ3v) is 4.11. The van der Waals surface area contributed by atoms with Crippen molar-refractivity contribution in [3.8, 4) is 11.3 Å². The lowest BCUT2D eigenvalue weighted by Gasteiger charge is -2.05. The zero-order chi connectivity index (χ0) is 12.4. The fraction of sp³-hybridized carbons (Fsp3) is 0.250. The number of hydrogen-bond donors (Lipinski definition) is 1. The summed E-state index contributed by atoms with van der Waals surface area (Å²) in [6, 6.07) is 5.70. The second-order valence-corrected chi connectivity index (χ2v) is 5.44. The van der Waals surface area contributed by atoms with E-state index in [1.54, 1.807) is 17.4 Å². The number of nitrogens with one attached hydrogen (secondary N) is 1. The van der Waals surface area contributed by atoms with Gasteiger partial charge in [0.15, 0.2) is 0 Å². The van der Waals surface area contributed by atoms with Gasteiger partial charge in [-0.15, -0.1) is 11.3 Å². The first kappa shape index (κ1) is 12.8. The molecule has 2 aromatic rings. The molecule has 0 aliphatic rings. The first-order valence-electron chi connectivity index (χ1n) is 5.20. The molecule has 2 nitrogen and oxygen atoms in total. The molecule has 1 unspecified atom stereocenters. The van der Waals surface area contributed by atoms with Crippen LogP contribution in [0.25, 0.3) is 11.3 Å². The molecule has 0 fully saturated rings. The van der Waals surface area contributed by atoms with Crippen molar-refractivity contribution in [1.29, 1.82) is 0 Å². The van der Waals surface area contributed by atoms with Gasteiger partial charge in [-0.1, -0.05) is 23.2 Å². The average Bonchev–Trinajstić information content (AvgIpc) is 2.77. The second-order valence-electron chi connectivity index (χ2n) is 3.71. The zero-order valence-corrected chi connectivity index (χ0v) is 11.8. The molecule has 2 rings (SSSR count). The molecule has 0 bridgehead atoms. The third kappa shape index (κ3) is 2.80. The Kier molecular flexibility index (Phi) is 4.05. The minimum absolute atomic E-state index is 0.250. The van der Waals surface area contributed by atoms with E-state index in [-0.39, 0.29) is 6.04 Å². The molecule has 0 radical (unpaired) electrons. The van der Waals surface area contributed by atoms with Crippen LogP contribution in [-0.2, 0) is 0 Å². The Morgan fingerprint density at radius 1 is 1.35 bits per heavy atom. The monoisotopic (exact) mass is 286 g/mol.